The molecule has 0 aliphatic heterocycles. The summed E-state index contributed by atoms with van der Waals surface area (Å²) < 4.78 is 23.7. The van der Waals surface area contributed by atoms with Gasteiger partial charge in [-0.1, -0.05) is 223 Å². The summed E-state index contributed by atoms with van der Waals surface area (Å²) in [7, 11) is 1.55. The molecule has 0 bridgehead atoms. The Kier molecular flexibility index (Phi) is 46.4. The Balaban J connectivity index is 4.33. The van der Waals surface area contributed by atoms with Crippen LogP contribution in [0.25, 0.3) is 0 Å². The second-order valence-corrected chi connectivity index (χ2v) is 21.4. The number of nitrogens with one attached hydrogen (secondary N) is 1. The molecule has 3 unspecified atom stereocenters. The van der Waals surface area contributed by atoms with E-state index in [1.54, 1.807) is 6.08 Å². The Morgan fingerprint density at radius 3 is 1.23 bits per heavy atom. The molecule has 1 amide bonds. The molecule has 0 radical (unpaired) electrons. The Hall–Kier alpha value is -1.54. The maximum absolute atomic E-state index is 13.0. The van der Waals surface area contributed by atoms with Crippen LogP contribution in [0, 0.1) is 0 Å². The highest BCUT2D eigenvalue weighted by Gasteiger charge is 2.27. The summed E-state index contributed by atoms with van der Waals surface area (Å²) in [6.45, 7) is 4.80. The van der Waals surface area contributed by atoms with E-state index >= 15 is 0 Å². The van der Waals surface area contributed by atoms with Crippen LogP contribution in [0.2, 0.25) is 0 Å². The van der Waals surface area contributed by atoms with Crippen LogP contribution in [-0.2, 0) is 18.4 Å². The number of aliphatic hydroxyl groups excluding tert-OH is 1. The lowest BCUT2D eigenvalue weighted by Crippen LogP contribution is -2.45. The number of hydrogen-bond acceptors (Lipinski definition) is 5. The molecule has 0 saturated heterocycles. The largest absolute Gasteiger partial charge is 0.472 e. The third-order valence-corrected chi connectivity index (χ3v) is 13.2. The van der Waals surface area contributed by atoms with Crippen LogP contribution in [0.15, 0.2) is 48.6 Å². The van der Waals surface area contributed by atoms with Crippen molar-refractivity contribution in [1.82, 2.24) is 5.32 Å². The number of likely N-dealkylation sites (N-methyl/N-ethyl adjacent to an activating group) is 1. The molecule has 0 fully saturated rings. The molecule has 382 valence electrons. The number of hydrogen-bond donors (Lipinski definition) is 3. The Morgan fingerprint density at radius 2 is 0.846 bits per heavy atom. The van der Waals surface area contributed by atoms with Crippen molar-refractivity contribution in [1.29, 1.82) is 0 Å². The van der Waals surface area contributed by atoms with E-state index in [9.17, 15) is 19.4 Å². The monoisotopic (exact) mass is 936 g/mol. The van der Waals surface area contributed by atoms with Crippen LogP contribution in [0.4, 0.5) is 0 Å². The van der Waals surface area contributed by atoms with Gasteiger partial charge in [-0.05, 0) is 70.6 Å². The fourth-order valence-corrected chi connectivity index (χ4v) is 8.63. The van der Waals surface area contributed by atoms with E-state index in [1.165, 1.54) is 186 Å². The zero-order valence-corrected chi connectivity index (χ0v) is 44.4. The maximum atomic E-state index is 13.0. The van der Waals surface area contributed by atoms with Gasteiger partial charge >= 0.3 is 7.82 Å². The van der Waals surface area contributed by atoms with Crippen LogP contribution in [0.3, 0.4) is 0 Å². The number of carbonyl (C=O) groups excluding carboxylic acids is 1. The van der Waals surface area contributed by atoms with E-state index in [1.807, 2.05) is 27.2 Å². The van der Waals surface area contributed by atoms with Gasteiger partial charge in [0, 0.05) is 6.42 Å². The quantitative estimate of drug-likeness (QED) is 0.0243. The molecule has 0 rings (SSSR count). The molecule has 65 heavy (non-hydrogen) atoms. The molecule has 0 aromatic carbocycles. The zero-order chi connectivity index (χ0) is 47.8. The summed E-state index contributed by atoms with van der Waals surface area (Å²) in [5.74, 6) is -0.194. The minimum absolute atomic E-state index is 0.0521. The number of nitrogens with zero attached hydrogens (tertiary/aromatic N) is 1. The normalized spacial score (nSPS) is 14.4. The predicted octanol–water partition coefficient (Wildman–Crippen LogP) is 16.4. The van der Waals surface area contributed by atoms with Gasteiger partial charge in [0.1, 0.15) is 13.2 Å². The van der Waals surface area contributed by atoms with E-state index < -0.39 is 20.0 Å². The molecule has 9 heteroatoms. The molecule has 3 atom stereocenters. The first-order chi connectivity index (χ1) is 31.5. The van der Waals surface area contributed by atoms with Gasteiger partial charge in [0.05, 0.1) is 39.9 Å². The Labute approximate surface area is 403 Å². The number of phosphoric acid groups is 1. The predicted molar refractivity (Wildman–Crippen MR) is 281 cm³/mol. The van der Waals surface area contributed by atoms with E-state index in [0.29, 0.717) is 17.4 Å². The van der Waals surface area contributed by atoms with Crippen molar-refractivity contribution in [3.63, 3.8) is 0 Å². The Bertz CT molecular complexity index is 1200. The number of quaternary nitrogens is 1. The fraction of sp³-hybridized carbons (Fsp3) is 0.839. The van der Waals surface area contributed by atoms with E-state index in [-0.39, 0.29) is 19.1 Å². The topological polar surface area (TPSA) is 105 Å². The SMILES string of the molecule is CCCCCCCCCCCC/C=C/CC/C=C/CC/C=C/C(O)C(COP(=O)(O)OCC[N+](C)(C)C)NC(=O)CCCCCCCCC/C=C\CCCCCCCCCCCCCC. The van der Waals surface area contributed by atoms with Gasteiger partial charge in [-0.3, -0.25) is 13.8 Å². The van der Waals surface area contributed by atoms with Crippen LogP contribution in [0.1, 0.15) is 251 Å². The van der Waals surface area contributed by atoms with Crippen LogP contribution in [-0.4, -0.2) is 73.4 Å². The van der Waals surface area contributed by atoms with Gasteiger partial charge in [0.25, 0.3) is 0 Å². The standard InChI is InChI=1S/C56H107N2O6P/c1-6-8-10-12-14-16-18-20-22-24-26-28-29-30-32-34-36-38-40-42-44-46-48-50-56(60)57-54(53-64-65(61,62)63-52-51-58(3,4)5)55(59)49-47-45-43-41-39-37-35-33-31-27-25-23-21-19-17-15-13-11-9-7-2/h30-33,39,41,47,49,54-55,59H,6-29,34-38,40,42-46,48,50-53H2,1-5H3,(H-,57,60,61,62)/p+1/b32-30-,33-31+,41-39+,49-47+. The smallest absolute Gasteiger partial charge is 0.387 e. The number of rotatable bonds is 50. The van der Waals surface area contributed by atoms with E-state index in [4.69, 9.17) is 9.05 Å². The molecular formula is C56H108N2O6P+. The molecule has 0 saturated carbocycles. The van der Waals surface area contributed by atoms with E-state index in [2.05, 4.69) is 55.6 Å². The van der Waals surface area contributed by atoms with Gasteiger partial charge in [0.2, 0.25) is 5.91 Å². The number of allylic oxidation sites excluding steroid dienone is 7. The van der Waals surface area contributed by atoms with Crippen molar-refractivity contribution in [3.05, 3.63) is 48.6 Å². The third kappa shape index (κ3) is 50.2. The molecule has 0 spiro atoms. The molecule has 3 N–H and O–H groups in total. The van der Waals surface area contributed by atoms with Crippen LogP contribution < -0.4 is 5.32 Å². The number of carbonyl (C=O) groups is 1. The second kappa shape index (κ2) is 47.5. The highest BCUT2D eigenvalue weighted by Crippen LogP contribution is 2.43. The molecule has 8 nitrogen and oxygen atoms in total. The van der Waals surface area contributed by atoms with Crippen molar-refractivity contribution in [2.24, 2.45) is 0 Å². The highest BCUT2D eigenvalue weighted by molar-refractivity contribution is 7.47. The maximum Gasteiger partial charge on any atom is 0.472 e. The van der Waals surface area contributed by atoms with Crippen molar-refractivity contribution in [2.45, 2.75) is 264 Å². The summed E-state index contributed by atoms with van der Waals surface area (Å²) in [6, 6.07) is -0.873. The van der Waals surface area contributed by atoms with Gasteiger partial charge in [0.15, 0.2) is 0 Å². The summed E-state index contributed by atoms with van der Waals surface area (Å²) in [6.07, 6.45) is 62.1. The summed E-state index contributed by atoms with van der Waals surface area (Å²) in [5.41, 5.74) is 0. The first-order valence-corrected chi connectivity index (χ1v) is 29.0. The number of phosphoric ester groups is 1. The first kappa shape index (κ1) is 63.5. The van der Waals surface area contributed by atoms with Crippen molar-refractivity contribution >= 4 is 13.7 Å². The first-order valence-electron chi connectivity index (χ1n) is 27.5. The minimum atomic E-state index is -4.36. The summed E-state index contributed by atoms with van der Waals surface area (Å²) >= 11 is 0. The number of amides is 1. The van der Waals surface area contributed by atoms with Crippen LogP contribution in [0.5, 0.6) is 0 Å². The van der Waals surface area contributed by atoms with Gasteiger partial charge in [-0.2, -0.15) is 0 Å². The molecule has 0 aliphatic rings. The van der Waals surface area contributed by atoms with Gasteiger partial charge in [-0.15, -0.1) is 0 Å². The fourth-order valence-electron chi connectivity index (χ4n) is 7.89. The third-order valence-electron chi connectivity index (χ3n) is 12.2. The lowest BCUT2D eigenvalue weighted by Gasteiger charge is -2.25. The summed E-state index contributed by atoms with van der Waals surface area (Å²) in [4.78, 5) is 23.3. The lowest BCUT2D eigenvalue weighted by molar-refractivity contribution is -0.870. The Morgan fingerprint density at radius 1 is 0.508 bits per heavy atom. The molecule has 0 aromatic heterocycles. The average Bonchev–Trinajstić information content (AvgIpc) is 3.26. The van der Waals surface area contributed by atoms with E-state index in [0.717, 1.165) is 44.9 Å². The minimum Gasteiger partial charge on any atom is -0.387 e. The van der Waals surface area contributed by atoms with Crippen molar-refractivity contribution in [2.75, 3.05) is 40.9 Å². The van der Waals surface area contributed by atoms with Crippen molar-refractivity contribution in [3.8, 4) is 0 Å². The number of unbranched alkanes of at least 4 members (excludes halogenated alkanes) is 31. The average molecular weight is 936 g/mol. The highest BCUT2D eigenvalue weighted by atomic mass is 31.2. The molecule has 0 aliphatic carbocycles. The molecule has 0 aromatic rings. The number of aliphatic hydroxyl groups is 1. The molecular weight excluding hydrogens is 828 g/mol. The summed E-state index contributed by atoms with van der Waals surface area (Å²) in [5, 5.41) is 13.9. The van der Waals surface area contributed by atoms with Crippen molar-refractivity contribution < 1.29 is 32.9 Å². The van der Waals surface area contributed by atoms with Gasteiger partial charge in [-0.25, -0.2) is 4.57 Å². The second-order valence-electron chi connectivity index (χ2n) is 19.9. The molecule has 0 heterocycles. The lowest BCUT2D eigenvalue weighted by atomic mass is 10.0. The zero-order valence-electron chi connectivity index (χ0n) is 43.5. The van der Waals surface area contributed by atoms with Crippen LogP contribution >= 0.6 is 7.82 Å². The van der Waals surface area contributed by atoms with Gasteiger partial charge < -0.3 is 19.8 Å².